The number of piperidine rings is 1. The fraction of sp³-hybridized carbons (Fsp3) is 0.556. The summed E-state index contributed by atoms with van der Waals surface area (Å²) in [6.45, 7) is 4.42. The fourth-order valence-electron chi connectivity index (χ4n) is 3.25. The number of carboxylic acid groups (broad SMARTS) is 1. The number of amides is 1. The van der Waals surface area contributed by atoms with Gasteiger partial charge in [0.2, 0.25) is 5.91 Å². The van der Waals surface area contributed by atoms with Gasteiger partial charge in [0.25, 0.3) is 0 Å². The van der Waals surface area contributed by atoms with Crippen molar-refractivity contribution in [3.8, 4) is 0 Å². The molecule has 2 rings (SSSR count). The maximum Gasteiger partial charge on any atom is 0.416 e. The van der Waals surface area contributed by atoms with E-state index in [0.717, 1.165) is 12.1 Å². The molecule has 1 aromatic rings. The number of halogens is 3. The smallest absolute Gasteiger partial charge is 0.416 e. The first-order valence-corrected chi connectivity index (χ1v) is 8.27. The van der Waals surface area contributed by atoms with Gasteiger partial charge in [-0.1, -0.05) is 26.0 Å². The lowest BCUT2D eigenvalue weighted by molar-refractivity contribution is -0.148. The number of likely N-dealkylation sites (tertiary alicyclic amines) is 1. The van der Waals surface area contributed by atoms with E-state index in [4.69, 9.17) is 5.11 Å². The summed E-state index contributed by atoms with van der Waals surface area (Å²) in [6.07, 6.45) is -3.76. The van der Waals surface area contributed by atoms with E-state index in [1.165, 1.54) is 12.1 Å². The van der Waals surface area contributed by atoms with Crippen LogP contribution in [0.25, 0.3) is 0 Å². The summed E-state index contributed by atoms with van der Waals surface area (Å²) in [4.78, 5) is 25.2. The Hall–Kier alpha value is -2.05. The molecule has 1 saturated heterocycles. The Labute approximate surface area is 144 Å². The minimum atomic E-state index is -4.37. The Morgan fingerprint density at radius 1 is 1.28 bits per heavy atom. The van der Waals surface area contributed by atoms with Crippen molar-refractivity contribution in [3.05, 3.63) is 35.4 Å². The Balaban J connectivity index is 1.95. The van der Waals surface area contributed by atoms with Crippen LogP contribution in [0.3, 0.4) is 0 Å². The summed E-state index contributed by atoms with van der Waals surface area (Å²) in [7, 11) is 0. The van der Waals surface area contributed by atoms with Gasteiger partial charge in [0.15, 0.2) is 0 Å². The molecule has 1 aliphatic rings. The van der Waals surface area contributed by atoms with Gasteiger partial charge in [0, 0.05) is 19.5 Å². The first-order valence-electron chi connectivity index (χ1n) is 8.27. The second kappa shape index (κ2) is 7.45. The number of carbonyl (C=O) groups excluding carboxylic acids is 1. The van der Waals surface area contributed by atoms with Crippen molar-refractivity contribution < 1.29 is 27.9 Å². The van der Waals surface area contributed by atoms with E-state index in [1.807, 2.05) is 6.92 Å². The highest BCUT2D eigenvalue weighted by Crippen LogP contribution is 2.31. The molecule has 3 atom stereocenters. The number of alkyl halides is 3. The third-order valence-corrected chi connectivity index (χ3v) is 4.86. The predicted octanol–water partition coefficient (Wildman–Crippen LogP) is 3.77. The van der Waals surface area contributed by atoms with Crippen molar-refractivity contribution >= 4 is 11.9 Å². The summed E-state index contributed by atoms with van der Waals surface area (Å²) in [5.41, 5.74) is -0.0332. The maximum absolute atomic E-state index is 12.6. The maximum atomic E-state index is 12.6. The number of hydrogen-bond donors (Lipinski definition) is 1. The highest BCUT2D eigenvalue weighted by Gasteiger charge is 2.33. The van der Waals surface area contributed by atoms with Crippen LogP contribution in [0.1, 0.15) is 43.7 Å². The van der Waals surface area contributed by atoms with E-state index in [1.54, 1.807) is 11.8 Å². The minimum absolute atomic E-state index is 0.0944. The van der Waals surface area contributed by atoms with Crippen molar-refractivity contribution in [3.63, 3.8) is 0 Å². The number of hydrogen-bond acceptors (Lipinski definition) is 2. The van der Waals surface area contributed by atoms with Gasteiger partial charge in [-0.2, -0.15) is 13.2 Å². The summed E-state index contributed by atoms with van der Waals surface area (Å²) in [5.74, 6) is -1.68. The van der Waals surface area contributed by atoms with Crippen LogP contribution < -0.4 is 0 Å². The molecule has 1 fully saturated rings. The quantitative estimate of drug-likeness (QED) is 0.892. The lowest BCUT2D eigenvalue weighted by Crippen LogP contribution is -2.45. The van der Waals surface area contributed by atoms with Crippen LogP contribution in [-0.2, 0) is 15.8 Å². The van der Waals surface area contributed by atoms with Crippen molar-refractivity contribution in [2.24, 2.45) is 11.8 Å². The van der Waals surface area contributed by atoms with Gasteiger partial charge in [-0.3, -0.25) is 9.59 Å². The Kier molecular flexibility index (Phi) is 5.75. The van der Waals surface area contributed by atoms with Gasteiger partial charge in [-0.15, -0.1) is 0 Å². The van der Waals surface area contributed by atoms with Gasteiger partial charge < -0.3 is 10.0 Å². The lowest BCUT2D eigenvalue weighted by Gasteiger charge is -2.35. The Morgan fingerprint density at radius 2 is 1.88 bits per heavy atom. The van der Waals surface area contributed by atoms with Crippen molar-refractivity contribution in [2.75, 3.05) is 13.1 Å². The summed E-state index contributed by atoms with van der Waals surface area (Å²) >= 11 is 0. The fourth-order valence-corrected chi connectivity index (χ4v) is 3.25. The zero-order valence-corrected chi connectivity index (χ0v) is 14.2. The van der Waals surface area contributed by atoms with Crippen LogP contribution >= 0.6 is 0 Å². The highest BCUT2D eigenvalue weighted by atomic mass is 19.4. The number of carbonyl (C=O) groups is 2. The lowest BCUT2D eigenvalue weighted by atomic mass is 9.86. The van der Waals surface area contributed by atoms with Crippen LogP contribution in [0.15, 0.2) is 24.3 Å². The first-order chi connectivity index (χ1) is 11.6. The molecular formula is C18H22F3NO3. The van der Waals surface area contributed by atoms with Crippen LogP contribution in [0.4, 0.5) is 13.2 Å². The standard InChI is InChI=1S/C18H22F3NO3/c1-11(13-3-5-14(6-4-13)18(19,20)21)9-16(23)22-8-7-15(17(24)25)12(2)10-22/h3-6,11-12,15H,7-10H2,1-2H3,(H,24,25). The van der Waals surface area contributed by atoms with E-state index < -0.39 is 23.6 Å². The number of nitrogens with zero attached hydrogens (tertiary/aromatic N) is 1. The van der Waals surface area contributed by atoms with Gasteiger partial charge in [0.1, 0.15) is 0 Å². The van der Waals surface area contributed by atoms with Crippen LogP contribution in [0.2, 0.25) is 0 Å². The molecule has 138 valence electrons. The monoisotopic (exact) mass is 357 g/mol. The van der Waals surface area contributed by atoms with E-state index in [-0.39, 0.29) is 24.2 Å². The number of aliphatic carboxylic acids is 1. The molecule has 0 aliphatic carbocycles. The van der Waals surface area contributed by atoms with Crippen LogP contribution in [0.5, 0.6) is 0 Å². The summed E-state index contributed by atoms with van der Waals surface area (Å²) in [5, 5.41) is 9.12. The predicted molar refractivity (Wildman–Crippen MR) is 86.0 cm³/mol. The van der Waals surface area contributed by atoms with Crippen molar-refractivity contribution in [2.45, 2.75) is 38.8 Å². The topological polar surface area (TPSA) is 57.6 Å². The molecule has 1 amide bonds. The van der Waals surface area contributed by atoms with E-state index >= 15 is 0 Å². The van der Waals surface area contributed by atoms with Gasteiger partial charge >= 0.3 is 12.1 Å². The molecule has 1 aliphatic heterocycles. The number of benzene rings is 1. The van der Waals surface area contributed by atoms with Crippen molar-refractivity contribution in [1.82, 2.24) is 4.90 Å². The van der Waals surface area contributed by atoms with Crippen molar-refractivity contribution in [1.29, 1.82) is 0 Å². The number of rotatable bonds is 4. The van der Waals surface area contributed by atoms with Gasteiger partial charge in [-0.25, -0.2) is 0 Å². The zero-order valence-electron chi connectivity index (χ0n) is 14.2. The molecule has 0 bridgehead atoms. The zero-order chi connectivity index (χ0) is 18.8. The molecule has 7 heteroatoms. The molecule has 3 unspecified atom stereocenters. The van der Waals surface area contributed by atoms with Gasteiger partial charge in [0.05, 0.1) is 11.5 Å². The van der Waals surface area contributed by atoms with Crippen LogP contribution in [0, 0.1) is 11.8 Å². The van der Waals surface area contributed by atoms with Crippen LogP contribution in [-0.4, -0.2) is 35.0 Å². The molecule has 0 aromatic heterocycles. The second-order valence-electron chi connectivity index (χ2n) is 6.78. The third kappa shape index (κ3) is 4.74. The summed E-state index contributed by atoms with van der Waals surface area (Å²) < 4.78 is 37.8. The molecule has 0 radical (unpaired) electrons. The normalized spacial score (nSPS) is 22.5. The van der Waals surface area contributed by atoms with E-state index in [0.29, 0.717) is 25.1 Å². The molecule has 1 aromatic carbocycles. The summed E-state index contributed by atoms with van der Waals surface area (Å²) in [6, 6.07) is 4.85. The molecule has 1 N–H and O–H groups in total. The minimum Gasteiger partial charge on any atom is -0.481 e. The van der Waals surface area contributed by atoms with Gasteiger partial charge in [-0.05, 0) is 36.0 Å². The highest BCUT2D eigenvalue weighted by molar-refractivity contribution is 5.78. The second-order valence-corrected chi connectivity index (χ2v) is 6.78. The first kappa shape index (κ1) is 19.3. The molecule has 0 saturated carbocycles. The molecule has 1 heterocycles. The molecular weight excluding hydrogens is 335 g/mol. The number of carboxylic acids is 1. The third-order valence-electron chi connectivity index (χ3n) is 4.86. The molecule has 0 spiro atoms. The van der Waals surface area contributed by atoms with E-state index in [2.05, 4.69) is 0 Å². The Morgan fingerprint density at radius 3 is 2.36 bits per heavy atom. The SMILES string of the molecule is CC(CC(=O)N1CCC(C(=O)O)C(C)C1)c1ccc(C(F)(F)F)cc1. The molecule has 25 heavy (non-hydrogen) atoms. The average molecular weight is 357 g/mol. The largest absolute Gasteiger partial charge is 0.481 e. The van der Waals surface area contributed by atoms with E-state index in [9.17, 15) is 22.8 Å². The average Bonchev–Trinajstić information content (AvgIpc) is 2.53. The molecule has 4 nitrogen and oxygen atoms in total. The Bertz CT molecular complexity index is 627.